The van der Waals surface area contributed by atoms with E-state index in [9.17, 15) is 0 Å². The van der Waals surface area contributed by atoms with Gasteiger partial charge in [-0.15, -0.1) is 0 Å². The predicted molar refractivity (Wildman–Crippen MR) is 68.7 cm³/mol. The third kappa shape index (κ3) is 8.08. The first kappa shape index (κ1) is 15.9. The van der Waals surface area contributed by atoms with Gasteiger partial charge >= 0.3 is 0 Å². The Morgan fingerprint density at radius 3 is 2.06 bits per heavy atom. The molecule has 16 heavy (non-hydrogen) atoms. The second-order valence-corrected chi connectivity index (χ2v) is 6.35. The van der Waals surface area contributed by atoms with Gasteiger partial charge in [-0.1, -0.05) is 20.8 Å². The average molecular weight is 231 g/mol. The molecule has 0 spiro atoms. The van der Waals surface area contributed by atoms with E-state index in [0.29, 0.717) is 12.6 Å². The van der Waals surface area contributed by atoms with Crippen molar-refractivity contribution in [3.05, 3.63) is 0 Å². The van der Waals surface area contributed by atoms with Crippen LogP contribution in [0.5, 0.6) is 0 Å². The third-order valence-electron chi connectivity index (χ3n) is 2.49. The SMILES string of the molecule is CC(C)(C)OCCNC(CCO)C(C)(C)C. The molecule has 2 N–H and O–H groups in total. The lowest BCUT2D eigenvalue weighted by atomic mass is 9.85. The van der Waals surface area contributed by atoms with Crippen LogP contribution in [0.2, 0.25) is 0 Å². The fraction of sp³-hybridized carbons (Fsp3) is 1.00. The fourth-order valence-electron chi connectivity index (χ4n) is 1.56. The van der Waals surface area contributed by atoms with E-state index < -0.39 is 0 Å². The molecule has 0 rings (SSSR count). The normalized spacial score (nSPS) is 15.2. The van der Waals surface area contributed by atoms with Crippen LogP contribution in [0.1, 0.15) is 48.0 Å². The van der Waals surface area contributed by atoms with Crippen molar-refractivity contribution < 1.29 is 9.84 Å². The van der Waals surface area contributed by atoms with Crippen molar-refractivity contribution in [3.8, 4) is 0 Å². The first-order chi connectivity index (χ1) is 7.17. The number of ether oxygens (including phenoxy) is 1. The molecule has 0 aromatic heterocycles. The lowest BCUT2D eigenvalue weighted by molar-refractivity contribution is -0.00321. The number of hydrogen-bond acceptors (Lipinski definition) is 3. The Morgan fingerprint density at radius 2 is 1.69 bits per heavy atom. The van der Waals surface area contributed by atoms with Gasteiger partial charge in [0, 0.05) is 19.2 Å². The highest BCUT2D eigenvalue weighted by atomic mass is 16.5. The van der Waals surface area contributed by atoms with Gasteiger partial charge in [0.05, 0.1) is 12.2 Å². The van der Waals surface area contributed by atoms with Crippen LogP contribution in [0.15, 0.2) is 0 Å². The van der Waals surface area contributed by atoms with Gasteiger partial charge in [0.2, 0.25) is 0 Å². The van der Waals surface area contributed by atoms with Gasteiger partial charge in [-0.05, 0) is 32.6 Å². The largest absolute Gasteiger partial charge is 0.396 e. The van der Waals surface area contributed by atoms with Crippen LogP contribution in [0, 0.1) is 5.41 Å². The molecule has 98 valence electrons. The number of nitrogens with one attached hydrogen (secondary N) is 1. The van der Waals surface area contributed by atoms with Crippen LogP contribution in [-0.4, -0.2) is 36.5 Å². The highest BCUT2D eigenvalue weighted by Crippen LogP contribution is 2.21. The lowest BCUT2D eigenvalue weighted by Gasteiger charge is -2.31. The number of aliphatic hydroxyl groups excluding tert-OH is 1. The highest BCUT2D eigenvalue weighted by molar-refractivity contribution is 4.80. The molecule has 0 aromatic rings. The van der Waals surface area contributed by atoms with Crippen molar-refractivity contribution in [3.63, 3.8) is 0 Å². The second-order valence-electron chi connectivity index (χ2n) is 6.35. The Hall–Kier alpha value is -0.120. The Bertz CT molecular complexity index is 179. The van der Waals surface area contributed by atoms with Crippen LogP contribution >= 0.6 is 0 Å². The van der Waals surface area contributed by atoms with E-state index in [1.54, 1.807) is 0 Å². The summed E-state index contributed by atoms with van der Waals surface area (Å²) in [6.07, 6.45) is 0.791. The minimum absolute atomic E-state index is 0.0735. The number of hydrogen-bond donors (Lipinski definition) is 2. The number of aliphatic hydroxyl groups is 1. The first-order valence-corrected chi connectivity index (χ1v) is 6.15. The summed E-state index contributed by atoms with van der Waals surface area (Å²) in [6.45, 7) is 14.5. The molecular weight excluding hydrogens is 202 g/mol. The molecule has 1 atom stereocenters. The van der Waals surface area contributed by atoms with Crippen molar-refractivity contribution in [2.75, 3.05) is 19.8 Å². The molecule has 3 nitrogen and oxygen atoms in total. The smallest absolute Gasteiger partial charge is 0.0599 e. The zero-order valence-corrected chi connectivity index (χ0v) is 11.8. The molecule has 0 saturated heterocycles. The zero-order valence-electron chi connectivity index (χ0n) is 11.8. The van der Waals surface area contributed by atoms with Gasteiger partial charge < -0.3 is 15.2 Å². The second kappa shape index (κ2) is 6.58. The van der Waals surface area contributed by atoms with Crippen LogP contribution in [-0.2, 0) is 4.74 Å². The molecule has 3 heteroatoms. The Balaban J connectivity index is 3.86. The van der Waals surface area contributed by atoms with Crippen LogP contribution in [0.25, 0.3) is 0 Å². The summed E-state index contributed by atoms with van der Waals surface area (Å²) in [5.41, 5.74) is 0.0976. The van der Waals surface area contributed by atoms with Crippen molar-refractivity contribution >= 4 is 0 Å². The molecule has 0 amide bonds. The number of rotatable bonds is 6. The standard InChI is InChI=1S/C13H29NO2/c1-12(2,3)11(7-9-15)14-8-10-16-13(4,5)6/h11,14-15H,7-10H2,1-6H3. The van der Waals surface area contributed by atoms with Gasteiger partial charge in [0.15, 0.2) is 0 Å². The monoisotopic (exact) mass is 231 g/mol. The molecular formula is C13H29NO2. The maximum absolute atomic E-state index is 9.01. The molecule has 0 saturated carbocycles. The molecule has 0 aliphatic rings. The lowest BCUT2D eigenvalue weighted by Crippen LogP contribution is -2.43. The summed E-state index contributed by atoms with van der Waals surface area (Å²) in [6, 6.07) is 0.334. The van der Waals surface area contributed by atoms with Crippen molar-refractivity contribution in [2.45, 2.75) is 59.6 Å². The predicted octanol–water partition coefficient (Wildman–Crippen LogP) is 2.19. The Kier molecular flexibility index (Phi) is 6.53. The minimum atomic E-state index is -0.0735. The summed E-state index contributed by atoms with van der Waals surface area (Å²) in [7, 11) is 0. The van der Waals surface area contributed by atoms with E-state index in [1.165, 1.54) is 0 Å². The summed E-state index contributed by atoms with van der Waals surface area (Å²) < 4.78 is 5.65. The van der Waals surface area contributed by atoms with E-state index in [1.807, 2.05) is 0 Å². The maximum Gasteiger partial charge on any atom is 0.0599 e. The Morgan fingerprint density at radius 1 is 1.12 bits per heavy atom. The minimum Gasteiger partial charge on any atom is -0.396 e. The van der Waals surface area contributed by atoms with Gasteiger partial charge in [-0.2, -0.15) is 0 Å². The molecule has 0 aromatic carbocycles. The molecule has 0 radical (unpaired) electrons. The molecule has 1 unspecified atom stereocenters. The van der Waals surface area contributed by atoms with Gasteiger partial charge in [-0.25, -0.2) is 0 Å². The zero-order chi connectivity index (χ0) is 12.8. The molecule has 0 aliphatic heterocycles. The van der Waals surface area contributed by atoms with E-state index in [4.69, 9.17) is 9.84 Å². The Labute approximate surface area is 101 Å². The van der Waals surface area contributed by atoms with Crippen LogP contribution in [0.4, 0.5) is 0 Å². The van der Waals surface area contributed by atoms with Gasteiger partial charge in [0.1, 0.15) is 0 Å². The van der Waals surface area contributed by atoms with Crippen molar-refractivity contribution in [1.29, 1.82) is 0 Å². The van der Waals surface area contributed by atoms with E-state index >= 15 is 0 Å². The van der Waals surface area contributed by atoms with Crippen LogP contribution in [0.3, 0.4) is 0 Å². The molecule has 0 aliphatic carbocycles. The van der Waals surface area contributed by atoms with Gasteiger partial charge in [0.25, 0.3) is 0 Å². The molecule has 0 fully saturated rings. The third-order valence-corrected chi connectivity index (χ3v) is 2.49. The average Bonchev–Trinajstić information content (AvgIpc) is 2.06. The van der Waals surface area contributed by atoms with E-state index in [2.05, 4.69) is 46.9 Å². The quantitative estimate of drug-likeness (QED) is 0.689. The van der Waals surface area contributed by atoms with Crippen LogP contribution < -0.4 is 5.32 Å². The molecule has 0 bridgehead atoms. The maximum atomic E-state index is 9.01. The first-order valence-electron chi connectivity index (χ1n) is 6.15. The topological polar surface area (TPSA) is 41.5 Å². The fourth-order valence-corrected chi connectivity index (χ4v) is 1.56. The van der Waals surface area contributed by atoms with Crippen molar-refractivity contribution in [2.24, 2.45) is 5.41 Å². The summed E-state index contributed by atoms with van der Waals surface area (Å²) in [5, 5.41) is 12.5. The highest BCUT2D eigenvalue weighted by Gasteiger charge is 2.23. The summed E-state index contributed by atoms with van der Waals surface area (Å²) in [4.78, 5) is 0. The van der Waals surface area contributed by atoms with E-state index in [-0.39, 0.29) is 17.6 Å². The van der Waals surface area contributed by atoms with Gasteiger partial charge in [-0.3, -0.25) is 0 Å². The molecule has 0 heterocycles. The summed E-state index contributed by atoms with van der Waals surface area (Å²) in [5.74, 6) is 0. The van der Waals surface area contributed by atoms with E-state index in [0.717, 1.165) is 13.0 Å². The van der Waals surface area contributed by atoms with Crippen molar-refractivity contribution in [1.82, 2.24) is 5.32 Å². The summed E-state index contributed by atoms with van der Waals surface area (Å²) >= 11 is 0.